The fraction of sp³-hybridized carbons (Fsp3) is 0.500. The van der Waals surface area contributed by atoms with Crippen LogP contribution < -0.4 is 0 Å². The first-order valence-electron chi connectivity index (χ1n) is 10.5. The number of allylic oxidation sites excluding steroid dienone is 2. The van der Waals surface area contributed by atoms with E-state index >= 15 is 0 Å². The fourth-order valence-electron chi connectivity index (χ4n) is 4.61. The third kappa shape index (κ3) is 3.41. The van der Waals surface area contributed by atoms with Crippen LogP contribution in [0.15, 0.2) is 42.2 Å². The molecule has 1 amide bonds. The number of fused-ring (bicyclic) bond motifs is 1. The van der Waals surface area contributed by atoms with E-state index in [1.807, 2.05) is 16.6 Å². The van der Waals surface area contributed by atoms with Crippen molar-refractivity contribution in [2.24, 2.45) is 13.0 Å². The Balaban J connectivity index is 1.68. The molecule has 0 saturated carbocycles. The van der Waals surface area contributed by atoms with Crippen molar-refractivity contribution in [2.75, 3.05) is 6.54 Å². The molecule has 0 radical (unpaired) electrons. The fourth-order valence-corrected chi connectivity index (χ4v) is 4.61. The summed E-state index contributed by atoms with van der Waals surface area (Å²) in [6.07, 6.45) is 9.87. The summed E-state index contributed by atoms with van der Waals surface area (Å²) in [6, 6.07) is 8.56. The van der Waals surface area contributed by atoms with Crippen molar-refractivity contribution in [2.45, 2.75) is 58.3 Å². The van der Waals surface area contributed by atoms with Crippen molar-refractivity contribution in [3.8, 4) is 11.3 Å². The molecule has 2 aromatic rings. The van der Waals surface area contributed by atoms with Gasteiger partial charge in [-0.15, -0.1) is 0 Å². The van der Waals surface area contributed by atoms with Crippen LogP contribution in [0, 0.1) is 5.92 Å². The molecule has 1 fully saturated rings. The maximum absolute atomic E-state index is 13.5. The van der Waals surface area contributed by atoms with Crippen LogP contribution in [-0.4, -0.2) is 27.1 Å². The van der Waals surface area contributed by atoms with Gasteiger partial charge in [0.25, 0.3) is 5.91 Å². The first-order valence-corrected chi connectivity index (χ1v) is 10.5. The Hall–Kier alpha value is -2.36. The van der Waals surface area contributed by atoms with Crippen LogP contribution in [0.2, 0.25) is 0 Å². The second-order valence-electron chi connectivity index (χ2n) is 9.21. The number of aromatic nitrogens is 2. The van der Waals surface area contributed by atoms with E-state index in [1.165, 1.54) is 30.5 Å². The molecular weight excluding hydrogens is 346 g/mol. The minimum absolute atomic E-state index is 0.0980. The zero-order chi connectivity index (χ0) is 19.9. The van der Waals surface area contributed by atoms with Gasteiger partial charge < -0.3 is 4.90 Å². The van der Waals surface area contributed by atoms with Crippen molar-refractivity contribution in [1.82, 2.24) is 14.7 Å². The van der Waals surface area contributed by atoms with E-state index in [0.717, 1.165) is 30.6 Å². The number of carbonyl (C=O) groups excluding carboxylic acids is 1. The van der Waals surface area contributed by atoms with Gasteiger partial charge >= 0.3 is 0 Å². The lowest BCUT2D eigenvalue weighted by molar-refractivity contribution is 0.0749. The first kappa shape index (κ1) is 19.0. The van der Waals surface area contributed by atoms with Crippen LogP contribution in [-0.2, 0) is 12.5 Å². The summed E-state index contributed by atoms with van der Waals surface area (Å²) >= 11 is 0. The lowest BCUT2D eigenvalue weighted by Gasteiger charge is -2.38. The molecular formula is C24H31N3O. The Morgan fingerprint density at radius 3 is 2.54 bits per heavy atom. The van der Waals surface area contributed by atoms with Crippen LogP contribution in [0.5, 0.6) is 0 Å². The van der Waals surface area contributed by atoms with Gasteiger partial charge in [-0.3, -0.25) is 9.48 Å². The number of aryl methyl sites for hydroxylation is 1. The Kier molecular flexibility index (Phi) is 4.90. The Morgan fingerprint density at radius 1 is 1.11 bits per heavy atom. The minimum atomic E-state index is 0.0980. The second kappa shape index (κ2) is 7.23. The maximum Gasteiger partial charge on any atom is 0.261 e. The largest absolute Gasteiger partial charge is 0.312 e. The number of piperidine rings is 1. The van der Waals surface area contributed by atoms with E-state index in [9.17, 15) is 4.79 Å². The van der Waals surface area contributed by atoms with Gasteiger partial charge in [0, 0.05) is 24.9 Å². The van der Waals surface area contributed by atoms with Crippen LogP contribution in [0.4, 0.5) is 0 Å². The van der Waals surface area contributed by atoms with E-state index < -0.39 is 0 Å². The standard InChI is InChI=1S/C24H31N3O/c1-24(2,3)19-13-11-18(12-14-19)22-20(16-25-26(22)4)23(28)27-15-7-9-17-8-5-6-10-21(17)27/h10-14,16-17H,5-9,15H2,1-4H3. The molecule has 0 bridgehead atoms. The number of benzene rings is 1. The molecule has 1 aromatic heterocycles. The van der Waals surface area contributed by atoms with Gasteiger partial charge in [0.1, 0.15) is 0 Å². The van der Waals surface area contributed by atoms with Crippen LogP contribution in [0.25, 0.3) is 11.3 Å². The van der Waals surface area contributed by atoms with Crippen molar-refractivity contribution in [1.29, 1.82) is 0 Å². The molecule has 4 rings (SSSR count). The van der Waals surface area contributed by atoms with Crippen LogP contribution in [0.3, 0.4) is 0 Å². The summed E-state index contributed by atoms with van der Waals surface area (Å²) in [4.78, 5) is 15.5. The first-order chi connectivity index (χ1) is 13.4. The smallest absolute Gasteiger partial charge is 0.261 e. The molecule has 1 aliphatic heterocycles. The zero-order valence-corrected chi connectivity index (χ0v) is 17.5. The third-order valence-corrected chi connectivity index (χ3v) is 6.21. The topological polar surface area (TPSA) is 38.1 Å². The quantitative estimate of drug-likeness (QED) is 0.712. The van der Waals surface area contributed by atoms with Gasteiger partial charge in [-0.1, -0.05) is 51.1 Å². The molecule has 1 unspecified atom stereocenters. The van der Waals surface area contributed by atoms with E-state index in [4.69, 9.17) is 0 Å². The summed E-state index contributed by atoms with van der Waals surface area (Å²) < 4.78 is 1.83. The molecule has 1 atom stereocenters. The van der Waals surface area contributed by atoms with Crippen molar-refractivity contribution >= 4 is 5.91 Å². The Labute approximate surface area is 168 Å². The molecule has 2 heterocycles. The average Bonchev–Trinajstić information content (AvgIpc) is 3.08. The Bertz CT molecular complexity index is 899. The third-order valence-electron chi connectivity index (χ3n) is 6.21. The molecule has 1 saturated heterocycles. The predicted molar refractivity (Wildman–Crippen MR) is 113 cm³/mol. The van der Waals surface area contributed by atoms with E-state index in [1.54, 1.807) is 6.20 Å². The van der Waals surface area contributed by atoms with Crippen molar-refractivity contribution in [3.63, 3.8) is 0 Å². The summed E-state index contributed by atoms with van der Waals surface area (Å²) in [5.74, 6) is 0.651. The number of likely N-dealkylation sites (tertiary alicyclic amines) is 1. The maximum atomic E-state index is 13.5. The number of hydrogen-bond donors (Lipinski definition) is 0. The molecule has 28 heavy (non-hydrogen) atoms. The van der Waals surface area contributed by atoms with Gasteiger partial charge in [0.05, 0.1) is 17.5 Å². The highest BCUT2D eigenvalue weighted by molar-refractivity contribution is 6.01. The van der Waals surface area contributed by atoms with E-state index in [-0.39, 0.29) is 11.3 Å². The number of rotatable bonds is 2. The van der Waals surface area contributed by atoms with Crippen LogP contribution in [0.1, 0.15) is 68.8 Å². The molecule has 148 valence electrons. The van der Waals surface area contributed by atoms with Crippen molar-refractivity contribution in [3.05, 3.63) is 53.4 Å². The summed E-state index contributed by atoms with van der Waals surface area (Å²) in [5, 5.41) is 4.43. The van der Waals surface area contributed by atoms with Gasteiger partial charge in [-0.25, -0.2) is 0 Å². The normalized spacial score (nSPS) is 19.9. The molecule has 4 nitrogen and oxygen atoms in total. The van der Waals surface area contributed by atoms with Gasteiger partial charge in [-0.05, 0) is 49.0 Å². The van der Waals surface area contributed by atoms with E-state index in [0.29, 0.717) is 11.5 Å². The average molecular weight is 378 g/mol. The monoisotopic (exact) mass is 377 g/mol. The number of hydrogen-bond acceptors (Lipinski definition) is 2. The molecule has 1 aromatic carbocycles. The highest BCUT2D eigenvalue weighted by atomic mass is 16.2. The predicted octanol–water partition coefficient (Wildman–Crippen LogP) is 5.30. The SMILES string of the molecule is Cn1ncc(C(=O)N2CCCC3CCCC=C32)c1-c1ccc(C(C)(C)C)cc1. The Morgan fingerprint density at radius 2 is 1.82 bits per heavy atom. The number of amides is 1. The highest BCUT2D eigenvalue weighted by Gasteiger charge is 2.32. The van der Waals surface area contributed by atoms with Gasteiger partial charge in [-0.2, -0.15) is 5.10 Å². The van der Waals surface area contributed by atoms with Gasteiger partial charge in [0.2, 0.25) is 0 Å². The lowest BCUT2D eigenvalue weighted by Crippen LogP contribution is -2.39. The molecule has 2 aliphatic rings. The molecule has 0 N–H and O–H groups in total. The number of carbonyl (C=O) groups is 1. The summed E-state index contributed by atoms with van der Waals surface area (Å²) in [5.41, 5.74) is 5.31. The summed E-state index contributed by atoms with van der Waals surface area (Å²) in [6.45, 7) is 7.46. The molecule has 4 heteroatoms. The summed E-state index contributed by atoms with van der Waals surface area (Å²) in [7, 11) is 1.92. The van der Waals surface area contributed by atoms with Crippen LogP contribution >= 0.6 is 0 Å². The highest BCUT2D eigenvalue weighted by Crippen LogP contribution is 2.37. The number of nitrogens with zero attached hydrogens (tertiary/aromatic N) is 3. The van der Waals surface area contributed by atoms with Gasteiger partial charge in [0.15, 0.2) is 0 Å². The zero-order valence-electron chi connectivity index (χ0n) is 17.5. The minimum Gasteiger partial charge on any atom is -0.312 e. The second-order valence-corrected chi connectivity index (χ2v) is 9.21. The molecule has 1 aliphatic carbocycles. The van der Waals surface area contributed by atoms with Crippen molar-refractivity contribution < 1.29 is 4.79 Å². The lowest BCUT2D eigenvalue weighted by atomic mass is 9.84. The van der Waals surface area contributed by atoms with E-state index in [2.05, 4.69) is 56.2 Å². The molecule has 0 spiro atoms.